The third-order valence-electron chi connectivity index (χ3n) is 3.89. The smallest absolute Gasteiger partial charge is 0.000274 e. The fourth-order valence-electron chi connectivity index (χ4n) is 3.20. The van der Waals surface area contributed by atoms with E-state index in [9.17, 15) is 0 Å². The maximum atomic E-state index is 3.64. The van der Waals surface area contributed by atoms with Crippen molar-refractivity contribution >= 4 is 0 Å². The topological polar surface area (TPSA) is 12.0 Å². The lowest BCUT2D eigenvalue weighted by Crippen LogP contribution is -2.28. The van der Waals surface area contributed by atoms with E-state index in [0.29, 0.717) is 5.41 Å². The van der Waals surface area contributed by atoms with E-state index in [0.717, 1.165) is 11.8 Å². The van der Waals surface area contributed by atoms with E-state index < -0.39 is 0 Å². The number of rotatable bonds is 0. The molecule has 2 atom stereocenters. The van der Waals surface area contributed by atoms with E-state index in [1.54, 1.807) is 0 Å². The number of nitrogens with one attached hydrogen (secondary N) is 1. The summed E-state index contributed by atoms with van der Waals surface area (Å²) in [6, 6.07) is 0. The van der Waals surface area contributed by atoms with Crippen molar-refractivity contribution in [3.8, 4) is 0 Å². The van der Waals surface area contributed by atoms with Crippen molar-refractivity contribution in [2.45, 2.75) is 59.8 Å². The highest BCUT2D eigenvalue weighted by molar-refractivity contribution is 4.86. The average molecular weight is 211 g/mol. The van der Waals surface area contributed by atoms with Gasteiger partial charge in [0, 0.05) is 6.54 Å². The van der Waals surface area contributed by atoms with Gasteiger partial charge in [-0.15, -0.1) is 0 Å². The molecule has 1 aliphatic heterocycles. The molecule has 15 heavy (non-hydrogen) atoms. The molecule has 1 N–H and O–H groups in total. The summed E-state index contributed by atoms with van der Waals surface area (Å²) in [6.07, 6.45) is 7.38. The van der Waals surface area contributed by atoms with E-state index in [2.05, 4.69) is 19.2 Å². The molecule has 1 heterocycles. The monoisotopic (exact) mass is 211 g/mol. The highest BCUT2D eigenvalue weighted by atomic mass is 14.9. The Kier molecular flexibility index (Phi) is 5.11. The molecule has 0 aromatic rings. The lowest BCUT2D eigenvalue weighted by molar-refractivity contribution is 0.192. The molecule has 0 radical (unpaired) electrons. The molecule has 0 aromatic heterocycles. The van der Waals surface area contributed by atoms with Crippen LogP contribution in [0.5, 0.6) is 0 Å². The van der Waals surface area contributed by atoms with E-state index in [1.165, 1.54) is 45.2 Å². The first-order chi connectivity index (χ1) is 7.17. The molecule has 1 heteroatoms. The molecule has 90 valence electrons. The Hall–Kier alpha value is -0.0400. The molecule has 0 amide bonds. The van der Waals surface area contributed by atoms with Gasteiger partial charge in [-0.3, -0.25) is 0 Å². The molecule has 1 saturated carbocycles. The Balaban J connectivity index is 0.000000531. The zero-order valence-corrected chi connectivity index (χ0v) is 11.1. The lowest BCUT2D eigenvalue weighted by atomic mass is 9.72. The van der Waals surface area contributed by atoms with Crippen molar-refractivity contribution in [2.75, 3.05) is 13.1 Å². The molecule has 1 saturated heterocycles. The number of hydrogen-bond acceptors (Lipinski definition) is 1. The third-order valence-corrected chi connectivity index (χ3v) is 3.89. The Morgan fingerprint density at radius 1 is 1.00 bits per heavy atom. The zero-order chi connectivity index (χ0) is 11.3. The second-order valence-electron chi connectivity index (χ2n) is 5.80. The van der Waals surface area contributed by atoms with Crippen LogP contribution in [0.15, 0.2) is 0 Å². The van der Waals surface area contributed by atoms with Gasteiger partial charge in [-0.1, -0.05) is 47.0 Å². The molecule has 2 unspecified atom stereocenters. The molecule has 0 aromatic carbocycles. The lowest BCUT2D eigenvalue weighted by Gasteiger charge is -2.32. The van der Waals surface area contributed by atoms with Gasteiger partial charge >= 0.3 is 0 Å². The summed E-state index contributed by atoms with van der Waals surface area (Å²) < 4.78 is 0. The van der Waals surface area contributed by atoms with Crippen LogP contribution in [-0.2, 0) is 0 Å². The summed E-state index contributed by atoms with van der Waals surface area (Å²) in [5.41, 5.74) is 0.538. The summed E-state index contributed by atoms with van der Waals surface area (Å²) in [4.78, 5) is 0. The van der Waals surface area contributed by atoms with Gasteiger partial charge in [-0.2, -0.15) is 0 Å². The van der Waals surface area contributed by atoms with E-state index in [1.807, 2.05) is 13.8 Å². The molecule has 2 rings (SSSR count). The first-order valence-corrected chi connectivity index (χ1v) is 6.88. The van der Waals surface area contributed by atoms with Gasteiger partial charge in [0.05, 0.1) is 0 Å². The molecule has 2 aliphatic rings. The Labute approximate surface area is 96.0 Å². The van der Waals surface area contributed by atoms with Crippen LogP contribution in [0.3, 0.4) is 0 Å². The SMILES string of the molecule is CC.CC1(C)CNCC2CCCCC2C1. The van der Waals surface area contributed by atoms with E-state index >= 15 is 0 Å². The fourth-order valence-corrected chi connectivity index (χ4v) is 3.20. The van der Waals surface area contributed by atoms with Crippen LogP contribution in [-0.4, -0.2) is 13.1 Å². The van der Waals surface area contributed by atoms with Crippen LogP contribution in [0, 0.1) is 17.3 Å². The Bertz CT molecular complexity index is 174. The largest absolute Gasteiger partial charge is 0.316 e. The number of hydrogen-bond donors (Lipinski definition) is 1. The molecule has 1 nitrogen and oxygen atoms in total. The highest BCUT2D eigenvalue weighted by Gasteiger charge is 2.33. The summed E-state index contributed by atoms with van der Waals surface area (Å²) in [6.45, 7) is 11.3. The maximum Gasteiger partial charge on any atom is 0.000274 e. The van der Waals surface area contributed by atoms with Crippen molar-refractivity contribution < 1.29 is 0 Å². The molecular formula is C14H29N. The van der Waals surface area contributed by atoms with Crippen molar-refractivity contribution in [1.82, 2.24) is 5.32 Å². The Morgan fingerprint density at radius 3 is 2.27 bits per heavy atom. The van der Waals surface area contributed by atoms with Crippen LogP contribution in [0.1, 0.15) is 59.8 Å². The number of fused-ring (bicyclic) bond motifs is 1. The first kappa shape index (κ1) is 13.0. The third kappa shape index (κ3) is 3.79. The summed E-state index contributed by atoms with van der Waals surface area (Å²) in [5, 5.41) is 3.64. The van der Waals surface area contributed by atoms with Crippen LogP contribution in [0.25, 0.3) is 0 Å². The molecule has 0 spiro atoms. The van der Waals surface area contributed by atoms with Gasteiger partial charge in [-0.05, 0) is 36.6 Å². The standard InChI is InChI=1S/C12H23N.C2H6/c1-12(2)7-10-5-3-4-6-11(10)8-13-9-12;1-2/h10-11,13H,3-9H2,1-2H3;1-2H3. The second-order valence-corrected chi connectivity index (χ2v) is 5.80. The van der Waals surface area contributed by atoms with Crippen LogP contribution in [0.4, 0.5) is 0 Å². The first-order valence-electron chi connectivity index (χ1n) is 6.88. The van der Waals surface area contributed by atoms with Gasteiger partial charge < -0.3 is 5.32 Å². The normalized spacial score (nSPS) is 34.4. The van der Waals surface area contributed by atoms with E-state index in [-0.39, 0.29) is 0 Å². The van der Waals surface area contributed by atoms with Crippen molar-refractivity contribution in [3.05, 3.63) is 0 Å². The van der Waals surface area contributed by atoms with Gasteiger partial charge in [0.15, 0.2) is 0 Å². The van der Waals surface area contributed by atoms with Crippen LogP contribution >= 0.6 is 0 Å². The molecule has 1 aliphatic carbocycles. The highest BCUT2D eigenvalue weighted by Crippen LogP contribution is 2.39. The van der Waals surface area contributed by atoms with Crippen molar-refractivity contribution in [2.24, 2.45) is 17.3 Å². The van der Waals surface area contributed by atoms with E-state index in [4.69, 9.17) is 0 Å². The molecule has 0 bridgehead atoms. The summed E-state index contributed by atoms with van der Waals surface area (Å²) in [7, 11) is 0. The Morgan fingerprint density at radius 2 is 1.60 bits per heavy atom. The van der Waals surface area contributed by atoms with Crippen LogP contribution in [0.2, 0.25) is 0 Å². The maximum absolute atomic E-state index is 3.64. The van der Waals surface area contributed by atoms with Gasteiger partial charge in [0.1, 0.15) is 0 Å². The summed E-state index contributed by atoms with van der Waals surface area (Å²) in [5.74, 6) is 2.02. The average Bonchev–Trinajstić information content (AvgIpc) is 2.37. The predicted molar refractivity (Wildman–Crippen MR) is 68.1 cm³/mol. The van der Waals surface area contributed by atoms with Gasteiger partial charge in [0.25, 0.3) is 0 Å². The van der Waals surface area contributed by atoms with Gasteiger partial charge in [-0.25, -0.2) is 0 Å². The minimum Gasteiger partial charge on any atom is -0.316 e. The van der Waals surface area contributed by atoms with Crippen molar-refractivity contribution in [1.29, 1.82) is 0 Å². The quantitative estimate of drug-likeness (QED) is 0.642. The molecule has 2 fully saturated rings. The summed E-state index contributed by atoms with van der Waals surface area (Å²) >= 11 is 0. The molecular weight excluding hydrogens is 182 g/mol. The van der Waals surface area contributed by atoms with Crippen LogP contribution < -0.4 is 5.32 Å². The fraction of sp³-hybridized carbons (Fsp3) is 1.00. The minimum absolute atomic E-state index is 0.538. The predicted octanol–water partition coefficient (Wildman–Crippen LogP) is 3.84. The van der Waals surface area contributed by atoms with Crippen molar-refractivity contribution in [3.63, 3.8) is 0 Å². The minimum atomic E-state index is 0.538. The van der Waals surface area contributed by atoms with Gasteiger partial charge in [0.2, 0.25) is 0 Å². The zero-order valence-electron chi connectivity index (χ0n) is 11.1. The second kappa shape index (κ2) is 5.89.